The van der Waals surface area contributed by atoms with Gasteiger partial charge >= 0.3 is 0 Å². The van der Waals surface area contributed by atoms with Crippen LogP contribution >= 0.6 is 0 Å². The van der Waals surface area contributed by atoms with Gasteiger partial charge in [0.15, 0.2) is 5.88 Å². The Morgan fingerprint density at radius 2 is 2.27 bits per heavy atom. The van der Waals surface area contributed by atoms with Crippen LogP contribution in [0.15, 0.2) is 54.0 Å². The molecule has 2 aliphatic heterocycles. The zero-order chi connectivity index (χ0) is 15.4. The van der Waals surface area contributed by atoms with Crippen molar-refractivity contribution in [2.45, 2.75) is 26.0 Å². The minimum atomic E-state index is -0.218. The third kappa shape index (κ3) is 3.57. The van der Waals surface area contributed by atoms with E-state index in [1.54, 1.807) is 6.07 Å². The molecule has 116 valence electrons. The van der Waals surface area contributed by atoms with Crippen molar-refractivity contribution < 1.29 is 9.13 Å². The van der Waals surface area contributed by atoms with Gasteiger partial charge in [0.1, 0.15) is 12.4 Å². The summed E-state index contributed by atoms with van der Waals surface area (Å²) in [6.45, 7) is 4.02. The Kier molecular flexibility index (Phi) is 4.59. The Hall–Kier alpha value is -2.07. The average Bonchev–Trinajstić information content (AvgIpc) is 2.55. The van der Waals surface area contributed by atoms with Gasteiger partial charge in [0.05, 0.1) is 6.04 Å². The summed E-state index contributed by atoms with van der Waals surface area (Å²) in [5, 5.41) is 6.66. The lowest BCUT2D eigenvalue weighted by Crippen LogP contribution is -2.35. The van der Waals surface area contributed by atoms with Crippen molar-refractivity contribution in [3.8, 4) is 0 Å². The van der Waals surface area contributed by atoms with Crippen LogP contribution in [0.1, 0.15) is 17.5 Å². The van der Waals surface area contributed by atoms with Gasteiger partial charge in [0, 0.05) is 12.1 Å². The molecule has 0 fully saturated rings. The lowest BCUT2D eigenvalue weighted by atomic mass is 9.99. The second kappa shape index (κ2) is 6.79. The fraction of sp³-hybridized carbons (Fsp3) is 0.333. The lowest BCUT2D eigenvalue weighted by Gasteiger charge is -2.26. The highest BCUT2D eigenvalue weighted by molar-refractivity contribution is 5.29. The highest BCUT2D eigenvalue weighted by atomic mass is 19.1. The first-order chi connectivity index (χ1) is 10.7. The monoisotopic (exact) mass is 300 g/mol. The standard InChI is InChI=1S/C18H21FN2O/c1-13-5-6-15(16(19)11-13)12-22-18-4-2-3-17(21-18)14-7-9-20-10-8-14/h2-7,11,17,20-21H,8-10,12H2,1H3. The Bertz CT molecular complexity index is 634. The van der Waals surface area contributed by atoms with Gasteiger partial charge in [-0.05, 0) is 43.2 Å². The van der Waals surface area contributed by atoms with Crippen LogP contribution in [0.2, 0.25) is 0 Å². The number of rotatable bonds is 4. The topological polar surface area (TPSA) is 33.3 Å². The second-order valence-corrected chi connectivity index (χ2v) is 5.65. The van der Waals surface area contributed by atoms with Gasteiger partial charge in [0.25, 0.3) is 0 Å². The van der Waals surface area contributed by atoms with E-state index in [1.807, 2.05) is 25.1 Å². The smallest absolute Gasteiger partial charge is 0.187 e. The number of dihydropyridines is 1. The maximum Gasteiger partial charge on any atom is 0.187 e. The van der Waals surface area contributed by atoms with E-state index in [9.17, 15) is 4.39 Å². The van der Waals surface area contributed by atoms with Gasteiger partial charge in [-0.2, -0.15) is 0 Å². The second-order valence-electron chi connectivity index (χ2n) is 5.65. The van der Waals surface area contributed by atoms with Crippen molar-refractivity contribution in [3.63, 3.8) is 0 Å². The molecule has 1 aromatic rings. The molecule has 3 nitrogen and oxygen atoms in total. The predicted molar refractivity (Wildman–Crippen MR) is 85.6 cm³/mol. The molecule has 0 radical (unpaired) electrons. The van der Waals surface area contributed by atoms with Crippen LogP contribution in [0, 0.1) is 12.7 Å². The minimum absolute atomic E-state index is 0.171. The first-order valence-electron chi connectivity index (χ1n) is 7.65. The van der Waals surface area contributed by atoms with Crippen LogP contribution in [0.5, 0.6) is 0 Å². The number of allylic oxidation sites excluding steroid dienone is 2. The van der Waals surface area contributed by atoms with E-state index in [2.05, 4.69) is 22.8 Å². The normalized spacial score (nSPS) is 20.9. The first kappa shape index (κ1) is 14.9. The summed E-state index contributed by atoms with van der Waals surface area (Å²) in [6.07, 6.45) is 9.24. The zero-order valence-electron chi connectivity index (χ0n) is 12.7. The Labute approximate surface area is 130 Å². The summed E-state index contributed by atoms with van der Waals surface area (Å²) in [5.74, 6) is 0.469. The summed E-state index contributed by atoms with van der Waals surface area (Å²) in [4.78, 5) is 0. The number of hydrogen-bond donors (Lipinski definition) is 2. The van der Waals surface area contributed by atoms with E-state index in [0.29, 0.717) is 11.4 Å². The van der Waals surface area contributed by atoms with Crippen LogP contribution in [-0.4, -0.2) is 19.1 Å². The van der Waals surface area contributed by atoms with Crippen LogP contribution in [0.4, 0.5) is 4.39 Å². The predicted octanol–water partition coefficient (Wildman–Crippen LogP) is 2.94. The maximum atomic E-state index is 13.8. The molecule has 2 heterocycles. The highest BCUT2D eigenvalue weighted by Crippen LogP contribution is 2.18. The fourth-order valence-corrected chi connectivity index (χ4v) is 2.66. The molecule has 0 saturated heterocycles. The molecule has 0 spiro atoms. The molecule has 2 aliphatic rings. The van der Waals surface area contributed by atoms with Gasteiger partial charge < -0.3 is 15.4 Å². The molecule has 0 saturated carbocycles. The molecular weight excluding hydrogens is 279 g/mol. The largest absolute Gasteiger partial charge is 0.474 e. The quantitative estimate of drug-likeness (QED) is 0.839. The van der Waals surface area contributed by atoms with Gasteiger partial charge in [-0.3, -0.25) is 0 Å². The molecule has 22 heavy (non-hydrogen) atoms. The Morgan fingerprint density at radius 3 is 3.05 bits per heavy atom. The van der Waals surface area contributed by atoms with Crippen molar-refractivity contribution in [2.75, 3.05) is 13.1 Å². The van der Waals surface area contributed by atoms with Crippen molar-refractivity contribution >= 4 is 0 Å². The first-order valence-corrected chi connectivity index (χ1v) is 7.65. The number of hydrogen-bond acceptors (Lipinski definition) is 3. The molecule has 0 amide bonds. The molecule has 0 aliphatic carbocycles. The summed E-state index contributed by atoms with van der Waals surface area (Å²) in [6, 6.07) is 5.37. The van der Waals surface area contributed by atoms with E-state index < -0.39 is 0 Å². The third-order valence-corrected chi connectivity index (χ3v) is 3.94. The van der Waals surface area contributed by atoms with Gasteiger partial charge in [-0.25, -0.2) is 4.39 Å². The molecule has 0 aromatic heterocycles. The SMILES string of the molecule is Cc1ccc(COC2=CC=CC(C3=CCNCC3)N2)c(F)c1. The molecule has 0 bridgehead atoms. The summed E-state index contributed by atoms with van der Waals surface area (Å²) < 4.78 is 19.5. The summed E-state index contributed by atoms with van der Waals surface area (Å²) >= 11 is 0. The Morgan fingerprint density at radius 1 is 1.36 bits per heavy atom. The van der Waals surface area contributed by atoms with Crippen LogP contribution in [0.25, 0.3) is 0 Å². The van der Waals surface area contributed by atoms with E-state index in [-0.39, 0.29) is 18.5 Å². The number of benzene rings is 1. The van der Waals surface area contributed by atoms with Crippen LogP contribution < -0.4 is 10.6 Å². The fourth-order valence-electron chi connectivity index (χ4n) is 2.66. The summed E-state index contributed by atoms with van der Waals surface area (Å²) in [7, 11) is 0. The van der Waals surface area contributed by atoms with Crippen molar-refractivity contribution in [1.82, 2.24) is 10.6 Å². The third-order valence-electron chi connectivity index (χ3n) is 3.94. The number of halogens is 1. The van der Waals surface area contributed by atoms with Gasteiger partial charge in [-0.15, -0.1) is 0 Å². The number of nitrogens with one attached hydrogen (secondary N) is 2. The lowest BCUT2D eigenvalue weighted by molar-refractivity contribution is 0.171. The van der Waals surface area contributed by atoms with E-state index in [4.69, 9.17) is 4.74 Å². The molecule has 1 atom stereocenters. The van der Waals surface area contributed by atoms with Crippen molar-refractivity contribution in [2.24, 2.45) is 0 Å². The zero-order valence-corrected chi connectivity index (χ0v) is 12.7. The molecule has 1 unspecified atom stereocenters. The molecule has 2 N–H and O–H groups in total. The van der Waals surface area contributed by atoms with E-state index in [0.717, 1.165) is 25.1 Å². The van der Waals surface area contributed by atoms with E-state index >= 15 is 0 Å². The molecule has 1 aromatic carbocycles. The van der Waals surface area contributed by atoms with Gasteiger partial charge in [0.2, 0.25) is 0 Å². The van der Waals surface area contributed by atoms with Crippen molar-refractivity contribution in [3.05, 3.63) is 70.9 Å². The van der Waals surface area contributed by atoms with Crippen molar-refractivity contribution in [1.29, 1.82) is 0 Å². The molecule has 3 rings (SSSR count). The van der Waals surface area contributed by atoms with Crippen LogP contribution in [-0.2, 0) is 11.3 Å². The maximum absolute atomic E-state index is 13.8. The molecular formula is C18H21FN2O. The van der Waals surface area contributed by atoms with Gasteiger partial charge in [-0.1, -0.05) is 30.4 Å². The Balaban J connectivity index is 1.60. The summed E-state index contributed by atoms with van der Waals surface area (Å²) in [5.41, 5.74) is 2.85. The van der Waals surface area contributed by atoms with Crippen LogP contribution in [0.3, 0.4) is 0 Å². The number of ether oxygens (including phenoxy) is 1. The molecule has 4 heteroatoms. The highest BCUT2D eigenvalue weighted by Gasteiger charge is 2.17. The minimum Gasteiger partial charge on any atom is -0.474 e. The van der Waals surface area contributed by atoms with E-state index in [1.165, 1.54) is 11.6 Å². The average molecular weight is 300 g/mol. The number of aryl methyl sites for hydroxylation is 1.